The van der Waals surface area contributed by atoms with Crippen LogP contribution in [0.4, 0.5) is 0 Å². The number of hydrogen-bond donors (Lipinski definition) is 1. The first-order valence-electron chi connectivity index (χ1n) is 16.4. The van der Waals surface area contributed by atoms with E-state index in [1.54, 1.807) is 6.07 Å². The minimum Gasteiger partial charge on any atom is -0.493 e. The van der Waals surface area contributed by atoms with Crippen LogP contribution in [0, 0.1) is 0 Å². The molecule has 49 heavy (non-hydrogen) atoms. The molecule has 3 aromatic carbocycles. The van der Waals surface area contributed by atoms with Crippen LogP contribution >= 0.6 is 23.1 Å². The van der Waals surface area contributed by atoms with Gasteiger partial charge in [-0.2, -0.15) is 0 Å². The summed E-state index contributed by atoms with van der Waals surface area (Å²) in [6, 6.07) is 21.8. The van der Waals surface area contributed by atoms with E-state index < -0.39 is 17.6 Å². The van der Waals surface area contributed by atoms with Crippen molar-refractivity contribution in [1.29, 1.82) is 0 Å². The van der Waals surface area contributed by atoms with Gasteiger partial charge in [0, 0.05) is 33.7 Å². The van der Waals surface area contributed by atoms with E-state index in [2.05, 4.69) is 12.2 Å². The number of carbonyl (C=O) groups excluding carboxylic acids is 3. The Morgan fingerprint density at radius 3 is 2.45 bits per heavy atom. The molecule has 4 unspecified atom stereocenters. The van der Waals surface area contributed by atoms with Gasteiger partial charge in [0.1, 0.15) is 41.0 Å². The highest BCUT2D eigenvalue weighted by atomic mass is 32.2. The Kier molecular flexibility index (Phi) is 8.12. The Balaban J connectivity index is 1.02. The van der Waals surface area contributed by atoms with Crippen molar-refractivity contribution in [1.82, 2.24) is 10.2 Å². The average Bonchev–Trinajstić information content (AvgIpc) is 3.72. The normalized spacial score (nSPS) is 22.9. The summed E-state index contributed by atoms with van der Waals surface area (Å²) < 4.78 is 25.1. The Labute approximate surface area is 292 Å². The van der Waals surface area contributed by atoms with E-state index in [4.69, 9.17) is 18.9 Å². The van der Waals surface area contributed by atoms with Gasteiger partial charge in [0.25, 0.3) is 0 Å². The van der Waals surface area contributed by atoms with Crippen molar-refractivity contribution in [2.45, 2.75) is 56.2 Å². The van der Waals surface area contributed by atoms with Crippen LogP contribution in [0.25, 0.3) is 0 Å². The first kappa shape index (κ1) is 31.5. The van der Waals surface area contributed by atoms with Crippen molar-refractivity contribution in [2.24, 2.45) is 0 Å². The number of ether oxygens (including phenoxy) is 4. The summed E-state index contributed by atoms with van der Waals surface area (Å²) in [6.07, 6.45) is 2.22. The number of nitrogens with zero attached hydrogens (tertiary/aromatic N) is 1. The second kappa shape index (κ2) is 12.6. The van der Waals surface area contributed by atoms with E-state index in [0.29, 0.717) is 40.7 Å². The minimum absolute atomic E-state index is 0.0919. The average molecular weight is 695 g/mol. The lowest BCUT2D eigenvalue weighted by Gasteiger charge is -2.52. The topological polar surface area (TPSA) is 103 Å². The lowest BCUT2D eigenvalue weighted by atomic mass is 9.77. The van der Waals surface area contributed by atoms with Gasteiger partial charge in [0.05, 0.1) is 24.6 Å². The first-order chi connectivity index (χ1) is 23.9. The van der Waals surface area contributed by atoms with Crippen molar-refractivity contribution in [3.8, 4) is 23.0 Å². The summed E-state index contributed by atoms with van der Waals surface area (Å²) in [5, 5.41) is 6.74. The molecule has 1 N–H and O–H groups in total. The minimum atomic E-state index is -1.18. The highest BCUT2D eigenvalue weighted by molar-refractivity contribution is 8.02. The van der Waals surface area contributed by atoms with Gasteiger partial charge in [-0.3, -0.25) is 9.59 Å². The molecule has 0 radical (unpaired) electrons. The second-order valence-corrected chi connectivity index (χ2v) is 14.5. The Morgan fingerprint density at radius 1 is 0.959 bits per heavy atom. The maximum absolute atomic E-state index is 13.2. The number of rotatable bonds is 10. The second-order valence-electron chi connectivity index (χ2n) is 12.5. The van der Waals surface area contributed by atoms with Gasteiger partial charge in [0.2, 0.25) is 11.8 Å². The molecular formula is C38H34N2O7S2. The van der Waals surface area contributed by atoms with Crippen LogP contribution in [0.5, 0.6) is 23.0 Å². The number of fused-ring (bicyclic) bond motifs is 7. The number of benzene rings is 3. The summed E-state index contributed by atoms with van der Waals surface area (Å²) in [7, 11) is 0. The molecule has 9 nitrogen and oxygen atoms in total. The van der Waals surface area contributed by atoms with E-state index in [-0.39, 0.29) is 36.3 Å². The zero-order valence-electron chi connectivity index (χ0n) is 27.0. The third-order valence-corrected chi connectivity index (χ3v) is 11.5. The van der Waals surface area contributed by atoms with Crippen molar-refractivity contribution in [3.05, 3.63) is 116 Å². The molecule has 0 saturated carbocycles. The molecule has 5 heterocycles. The molecule has 4 atom stereocenters. The number of carbonyl (C=O) groups is 3. The van der Waals surface area contributed by atoms with E-state index in [1.807, 2.05) is 89.3 Å². The number of thiophene rings is 1. The summed E-state index contributed by atoms with van der Waals surface area (Å²) in [6.45, 7) is 4.94. The number of unbranched alkanes of at least 4 members (excludes halogenated alkanes) is 1. The van der Waals surface area contributed by atoms with Gasteiger partial charge in [-0.25, -0.2) is 4.79 Å². The monoisotopic (exact) mass is 694 g/mol. The zero-order chi connectivity index (χ0) is 33.7. The Morgan fingerprint density at radius 2 is 1.71 bits per heavy atom. The summed E-state index contributed by atoms with van der Waals surface area (Å²) in [4.78, 5) is 41.7. The molecule has 2 amide bonds. The summed E-state index contributed by atoms with van der Waals surface area (Å²) in [5.41, 5.74) is 2.47. The maximum Gasteiger partial charge on any atom is 0.340 e. The van der Waals surface area contributed by atoms with Crippen molar-refractivity contribution in [3.63, 3.8) is 0 Å². The molecule has 1 spiro atoms. The van der Waals surface area contributed by atoms with Crippen LogP contribution in [0.2, 0.25) is 0 Å². The van der Waals surface area contributed by atoms with Gasteiger partial charge in [-0.1, -0.05) is 37.6 Å². The molecule has 250 valence electrons. The molecule has 1 saturated heterocycles. The molecule has 0 bridgehead atoms. The van der Waals surface area contributed by atoms with Gasteiger partial charge in [-0.15, -0.1) is 23.1 Å². The largest absolute Gasteiger partial charge is 0.493 e. The standard InChI is InChI=1S/C38H34N2O7S2/c1-3-4-15-44-24-11-13-29-31(17-24)46-32-18-25(12-14-30(32)38(29)28-10-6-5-9-27(28)37(43)47-38)45-20-23-21-49-36-34(35(42)40(36)22(23)2)39-33(41)19-26-8-7-16-48-26/h5-14,16-18,21-22,34,36H,3-4,15,19-20H2,1-2H3,(H,39,41). The fourth-order valence-corrected chi connectivity index (χ4v) is 8.92. The quantitative estimate of drug-likeness (QED) is 0.110. The molecule has 1 fully saturated rings. The number of thioether (sulfide) groups is 1. The SMILES string of the molecule is CCCCOc1ccc2c(c1)Oc1cc(OCC3=CSC4C(NC(=O)Cc5cccs5)C(=O)N4C3C)ccc1C21OC(=O)c2ccccc21. The number of esters is 1. The first-order valence-corrected chi connectivity index (χ1v) is 18.2. The van der Waals surface area contributed by atoms with Crippen LogP contribution in [0.3, 0.4) is 0 Å². The Bertz CT molecular complexity index is 1990. The van der Waals surface area contributed by atoms with E-state index in [9.17, 15) is 14.4 Å². The third-order valence-electron chi connectivity index (χ3n) is 9.45. The highest BCUT2D eigenvalue weighted by Gasteiger charge is 2.54. The molecule has 0 aliphatic carbocycles. The molecule has 4 aromatic rings. The van der Waals surface area contributed by atoms with E-state index >= 15 is 0 Å². The predicted octanol–water partition coefficient (Wildman–Crippen LogP) is 6.79. The van der Waals surface area contributed by atoms with Crippen LogP contribution < -0.4 is 19.5 Å². The van der Waals surface area contributed by atoms with Crippen molar-refractivity contribution < 1.29 is 33.3 Å². The summed E-state index contributed by atoms with van der Waals surface area (Å²) >= 11 is 3.04. The maximum atomic E-state index is 13.2. The predicted molar refractivity (Wildman–Crippen MR) is 186 cm³/mol. The van der Waals surface area contributed by atoms with Gasteiger partial charge >= 0.3 is 5.97 Å². The van der Waals surface area contributed by atoms with Gasteiger partial charge < -0.3 is 29.2 Å². The van der Waals surface area contributed by atoms with Crippen LogP contribution in [-0.4, -0.2) is 53.4 Å². The number of β-lactam (4-membered cyclic amide) rings is 1. The number of nitrogens with one attached hydrogen (secondary N) is 1. The van der Waals surface area contributed by atoms with Crippen LogP contribution in [0.15, 0.2) is 89.2 Å². The smallest absolute Gasteiger partial charge is 0.340 e. The molecule has 8 rings (SSSR count). The fourth-order valence-electron chi connectivity index (χ4n) is 6.88. The van der Waals surface area contributed by atoms with E-state index in [1.165, 1.54) is 23.1 Å². The van der Waals surface area contributed by atoms with Crippen molar-refractivity contribution in [2.75, 3.05) is 13.2 Å². The molecule has 1 aromatic heterocycles. The molecule has 4 aliphatic rings. The third kappa shape index (κ3) is 5.36. The molecular weight excluding hydrogens is 661 g/mol. The Hall–Kier alpha value is -4.74. The lowest BCUT2D eigenvalue weighted by molar-refractivity contribution is -0.150. The zero-order valence-corrected chi connectivity index (χ0v) is 28.6. The van der Waals surface area contributed by atoms with E-state index in [0.717, 1.165) is 34.4 Å². The molecule has 11 heteroatoms. The van der Waals surface area contributed by atoms with Crippen LogP contribution in [0.1, 0.15) is 58.6 Å². The van der Waals surface area contributed by atoms with Gasteiger partial charge in [0.15, 0.2) is 5.60 Å². The lowest BCUT2D eigenvalue weighted by Crippen LogP contribution is -2.72. The van der Waals surface area contributed by atoms with Crippen LogP contribution in [-0.2, 0) is 26.3 Å². The highest BCUT2D eigenvalue weighted by Crippen LogP contribution is 2.57. The number of hydrogen-bond acceptors (Lipinski definition) is 9. The fraction of sp³-hybridized carbons (Fsp3) is 0.289. The van der Waals surface area contributed by atoms with Gasteiger partial charge in [-0.05, 0) is 66.1 Å². The van der Waals surface area contributed by atoms with Crippen molar-refractivity contribution >= 4 is 40.9 Å². The molecule has 4 aliphatic heterocycles. The number of amides is 2. The summed E-state index contributed by atoms with van der Waals surface area (Å²) in [5.74, 6) is 1.67.